The van der Waals surface area contributed by atoms with Gasteiger partial charge >= 0.3 is 6.29 Å². The second kappa shape index (κ2) is 5.27. The minimum Gasteiger partial charge on any atom is -0.404 e. The molecule has 9 heteroatoms. The van der Waals surface area contributed by atoms with Crippen molar-refractivity contribution in [3.63, 3.8) is 0 Å². The van der Waals surface area contributed by atoms with Crippen LogP contribution in [0, 0.1) is 0 Å². The summed E-state index contributed by atoms with van der Waals surface area (Å²) in [5, 5.41) is 2.44. The van der Waals surface area contributed by atoms with Gasteiger partial charge < -0.3 is 26.3 Å². The van der Waals surface area contributed by atoms with Crippen molar-refractivity contribution in [1.29, 1.82) is 0 Å². The van der Waals surface area contributed by atoms with Crippen molar-refractivity contribution >= 4 is 17.4 Å². The number of carbonyl (C=O) groups excluding carboxylic acids is 1. The second-order valence-electron chi connectivity index (χ2n) is 3.97. The van der Waals surface area contributed by atoms with Crippen molar-refractivity contribution in [3.05, 3.63) is 30.0 Å². The Morgan fingerprint density at radius 3 is 2.67 bits per heavy atom. The molecule has 112 valence electrons. The molecule has 0 fully saturated rings. The van der Waals surface area contributed by atoms with Gasteiger partial charge in [-0.2, -0.15) is 0 Å². The Labute approximate surface area is 118 Å². The molecule has 1 aliphatic heterocycles. The number of hydrogen-bond acceptors (Lipinski definition) is 5. The fraction of sp³-hybridized carbons (Fsp3) is 0.167. The molecule has 0 unspecified atom stereocenters. The molecule has 0 radical (unpaired) electrons. The van der Waals surface area contributed by atoms with E-state index in [0.717, 1.165) is 6.20 Å². The minimum absolute atomic E-state index is 0.0412. The van der Waals surface area contributed by atoms with Crippen molar-refractivity contribution in [2.45, 2.75) is 6.29 Å². The number of aliphatic imine (C=N–C) groups is 1. The summed E-state index contributed by atoms with van der Waals surface area (Å²) in [4.78, 5) is 15.6. The highest BCUT2D eigenvalue weighted by Gasteiger charge is 2.43. The van der Waals surface area contributed by atoms with E-state index in [1.165, 1.54) is 25.2 Å². The summed E-state index contributed by atoms with van der Waals surface area (Å²) in [6.07, 6.45) is -2.72. The highest BCUT2D eigenvalue weighted by molar-refractivity contribution is 6.24. The van der Waals surface area contributed by atoms with Gasteiger partial charge in [0.05, 0.1) is 5.57 Å². The first-order valence-corrected chi connectivity index (χ1v) is 5.72. The average molecular weight is 298 g/mol. The highest BCUT2D eigenvalue weighted by Crippen LogP contribution is 2.42. The van der Waals surface area contributed by atoms with Crippen LogP contribution in [-0.4, -0.2) is 25.1 Å². The maximum Gasteiger partial charge on any atom is 0.586 e. The SMILES string of the molecule is CN=C(N)C(=CN)C(=O)Nc1ccc2c(c1)OC(F)(F)O2. The number of nitrogens with two attached hydrogens (primary N) is 2. The Morgan fingerprint density at radius 1 is 1.38 bits per heavy atom. The van der Waals surface area contributed by atoms with Crippen LogP contribution >= 0.6 is 0 Å². The zero-order valence-electron chi connectivity index (χ0n) is 10.9. The minimum atomic E-state index is -3.72. The Bertz CT molecular complexity index is 643. The van der Waals surface area contributed by atoms with Crippen LogP contribution in [0.1, 0.15) is 0 Å². The van der Waals surface area contributed by atoms with Crippen LogP contribution in [0.25, 0.3) is 0 Å². The first-order valence-electron chi connectivity index (χ1n) is 5.72. The lowest BCUT2D eigenvalue weighted by atomic mass is 10.2. The molecule has 0 aliphatic carbocycles. The number of hydrogen-bond donors (Lipinski definition) is 3. The van der Waals surface area contributed by atoms with Gasteiger partial charge in [0.15, 0.2) is 11.5 Å². The Kier molecular flexibility index (Phi) is 3.66. The molecule has 1 aromatic carbocycles. The van der Waals surface area contributed by atoms with Gasteiger partial charge in [-0.1, -0.05) is 0 Å². The van der Waals surface area contributed by atoms with E-state index in [9.17, 15) is 13.6 Å². The van der Waals surface area contributed by atoms with Crippen molar-refractivity contribution in [3.8, 4) is 11.5 Å². The summed E-state index contributed by atoms with van der Waals surface area (Å²) in [5.41, 5.74) is 11.0. The lowest BCUT2D eigenvalue weighted by Crippen LogP contribution is -2.27. The van der Waals surface area contributed by atoms with E-state index in [4.69, 9.17) is 11.5 Å². The van der Waals surface area contributed by atoms with Gasteiger partial charge in [-0.3, -0.25) is 9.79 Å². The van der Waals surface area contributed by atoms with Gasteiger partial charge in [-0.15, -0.1) is 8.78 Å². The number of alkyl halides is 2. The van der Waals surface area contributed by atoms with Crippen LogP contribution in [0.2, 0.25) is 0 Å². The number of nitrogens with zero attached hydrogens (tertiary/aromatic N) is 1. The number of benzene rings is 1. The monoisotopic (exact) mass is 298 g/mol. The third kappa shape index (κ3) is 3.02. The van der Waals surface area contributed by atoms with Crippen LogP contribution in [0.15, 0.2) is 35.0 Å². The number of rotatable bonds is 3. The maximum absolute atomic E-state index is 12.9. The molecule has 1 aromatic rings. The van der Waals surface area contributed by atoms with Crippen LogP contribution < -0.4 is 26.3 Å². The zero-order chi connectivity index (χ0) is 15.6. The largest absolute Gasteiger partial charge is 0.586 e. The summed E-state index contributed by atoms with van der Waals surface area (Å²) in [6, 6.07) is 3.81. The molecule has 0 bridgehead atoms. The summed E-state index contributed by atoms with van der Waals surface area (Å²) in [7, 11) is 1.40. The van der Waals surface area contributed by atoms with E-state index < -0.39 is 12.2 Å². The standard InChI is InChI=1S/C12H12F2N4O3/c1-17-10(16)7(5-15)11(19)18-6-2-3-8-9(4-6)21-12(13,14)20-8/h2-5H,15H2,1H3,(H2,16,17)(H,18,19). The van der Waals surface area contributed by atoms with Crippen molar-refractivity contribution in [2.24, 2.45) is 16.5 Å². The van der Waals surface area contributed by atoms with E-state index in [-0.39, 0.29) is 28.6 Å². The zero-order valence-corrected chi connectivity index (χ0v) is 10.9. The molecule has 1 amide bonds. The van der Waals surface area contributed by atoms with Gasteiger partial charge in [0.1, 0.15) is 5.84 Å². The molecular weight excluding hydrogens is 286 g/mol. The van der Waals surface area contributed by atoms with Gasteiger partial charge in [0, 0.05) is 25.0 Å². The number of carbonyl (C=O) groups is 1. The molecule has 5 N–H and O–H groups in total. The van der Waals surface area contributed by atoms with Gasteiger partial charge in [0.25, 0.3) is 5.91 Å². The van der Waals surface area contributed by atoms with Crippen molar-refractivity contribution in [2.75, 3.05) is 12.4 Å². The summed E-state index contributed by atoms with van der Waals surface area (Å²) < 4.78 is 34.3. The van der Waals surface area contributed by atoms with Gasteiger partial charge in [-0.05, 0) is 12.1 Å². The third-order valence-electron chi connectivity index (χ3n) is 2.59. The van der Waals surface area contributed by atoms with Gasteiger partial charge in [0.2, 0.25) is 0 Å². The van der Waals surface area contributed by atoms with E-state index in [1.54, 1.807) is 0 Å². The van der Waals surface area contributed by atoms with Gasteiger partial charge in [-0.25, -0.2) is 0 Å². The molecule has 0 atom stereocenters. The van der Waals surface area contributed by atoms with E-state index in [0.29, 0.717) is 0 Å². The first kappa shape index (κ1) is 14.6. The molecule has 0 spiro atoms. The molecule has 7 nitrogen and oxygen atoms in total. The number of amidine groups is 1. The summed E-state index contributed by atoms with van der Waals surface area (Å²) in [5.74, 6) is -0.996. The summed E-state index contributed by atoms with van der Waals surface area (Å²) in [6.45, 7) is 0. The molecule has 2 rings (SSSR count). The Balaban J connectivity index is 2.17. The third-order valence-corrected chi connectivity index (χ3v) is 2.59. The van der Waals surface area contributed by atoms with Crippen LogP contribution in [0.5, 0.6) is 11.5 Å². The lowest BCUT2D eigenvalue weighted by Gasteiger charge is -2.08. The molecule has 21 heavy (non-hydrogen) atoms. The maximum atomic E-state index is 12.9. The molecule has 1 aliphatic rings. The topological polar surface area (TPSA) is 112 Å². The van der Waals surface area contributed by atoms with E-state index in [2.05, 4.69) is 19.8 Å². The normalized spacial score (nSPS) is 16.7. The molecular formula is C12H12F2N4O3. The second-order valence-corrected chi connectivity index (χ2v) is 3.97. The first-order chi connectivity index (χ1) is 9.86. The Hall–Kier alpha value is -2.84. The highest BCUT2D eigenvalue weighted by atomic mass is 19.3. The van der Waals surface area contributed by atoms with E-state index in [1.807, 2.05) is 0 Å². The molecule has 0 saturated heterocycles. The number of anilines is 1. The molecule has 1 heterocycles. The fourth-order valence-corrected chi connectivity index (χ4v) is 1.62. The number of halogens is 2. The molecule has 0 saturated carbocycles. The Morgan fingerprint density at radius 2 is 2.05 bits per heavy atom. The predicted octanol–water partition coefficient (Wildman–Crippen LogP) is 0.776. The molecule has 0 aromatic heterocycles. The number of ether oxygens (including phenoxy) is 2. The summed E-state index contributed by atoms with van der Waals surface area (Å²) >= 11 is 0. The fourth-order valence-electron chi connectivity index (χ4n) is 1.62. The smallest absolute Gasteiger partial charge is 0.404 e. The van der Waals surface area contributed by atoms with Crippen LogP contribution in [0.4, 0.5) is 14.5 Å². The van der Waals surface area contributed by atoms with E-state index >= 15 is 0 Å². The number of fused-ring (bicyclic) bond motifs is 1. The average Bonchev–Trinajstić information content (AvgIpc) is 2.72. The van der Waals surface area contributed by atoms with Crippen LogP contribution in [-0.2, 0) is 4.79 Å². The number of amides is 1. The van der Waals surface area contributed by atoms with Crippen molar-refractivity contribution in [1.82, 2.24) is 0 Å². The van der Waals surface area contributed by atoms with Crippen molar-refractivity contribution < 1.29 is 23.0 Å². The lowest BCUT2D eigenvalue weighted by molar-refractivity contribution is -0.286. The predicted molar refractivity (Wildman–Crippen MR) is 71.1 cm³/mol. The van der Waals surface area contributed by atoms with Crippen LogP contribution in [0.3, 0.4) is 0 Å². The quantitative estimate of drug-likeness (QED) is 0.433. The number of nitrogens with one attached hydrogen (secondary N) is 1.